The first-order valence-electron chi connectivity index (χ1n) is 11.6. The van der Waals surface area contributed by atoms with E-state index < -0.39 is 0 Å². The molecule has 0 aliphatic rings. The Balaban J connectivity index is 1.52. The summed E-state index contributed by atoms with van der Waals surface area (Å²) in [7, 11) is 0. The average Bonchev–Trinajstić information content (AvgIpc) is 2.92. The number of anilines is 1. The normalized spacial score (nSPS) is 11.1. The molecular weight excluding hydrogens is 468 g/mol. The number of H-pyrrole nitrogens is 1. The predicted octanol–water partition coefficient (Wildman–Crippen LogP) is 7.07. The van der Waals surface area contributed by atoms with E-state index in [4.69, 9.17) is 16.6 Å². The smallest absolute Gasteiger partial charge is 0.191 e. The van der Waals surface area contributed by atoms with Crippen LogP contribution >= 0.6 is 11.6 Å². The summed E-state index contributed by atoms with van der Waals surface area (Å²) < 4.78 is 0. The van der Waals surface area contributed by atoms with Crippen LogP contribution in [-0.2, 0) is 6.54 Å². The van der Waals surface area contributed by atoms with E-state index in [1.54, 1.807) is 12.3 Å². The molecule has 2 N–H and O–H groups in total. The lowest BCUT2D eigenvalue weighted by Crippen LogP contribution is -2.10. The van der Waals surface area contributed by atoms with Crippen LogP contribution in [0.25, 0.3) is 44.3 Å². The fourth-order valence-electron chi connectivity index (χ4n) is 4.41. The fourth-order valence-corrected chi connectivity index (χ4v) is 4.68. The molecule has 0 aliphatic carbocycles. The van der Waals surface area contributed by atoms with Crippen molar-refractivity contribution in [3.8, 4) is 22.4 Å². The van der Waals surface area contributed by atoms with Gasteiger partial charge in [-0.2, -0.15) is 0 Å². The highest BCUT2D eigenvalue weighted by Gasteiger charge is 2.16. The van der Waals surface area contributed by atoms with Crippen molar-refractivity contribution in [1.29, 1.82) is 0 Å². The Kier molecular flexibility index (Phi) is 5.68. The van der Waals surface area contributed by atoms with Gasteiger partial charge in [0.15, 0.2) is 5.43 Å². The molecule has 3 heterocycles. The summed E-state index contributed by atoms with van der Waals surface area (Å²) in [4.78, 5) is 25.9. The van der Waals surface area contributed by atoms with E-state index in [-0.39, 0.29) is 5.43 Å². The first-order chi connectivity index (χ1) is 17.7. The molecule has 5 nitrogen and oxygen atoms in total. The summed E-state index contributed by atoms with van der Waals surface area (Å²) in [5.74, 6) is 0. The molecule has 0 unspecified atom stereocenters. The Bertz CT molecular complexity index is 1770. The van der Waals surface area contributed by atoms with Gasteiger partial charge in [0.25, 0.3) is 0 Å². The molecule has 3 aromatic heterocycles. The molecule has 0 amide bonds. The molecule has 0 aliphatic heterocycles. The van der Waals surface area contributed by atoms with Gasteiger partial charge in [0.1, 0.15) is 5.65 Å². The second-order valence-corrected chi connectivity index (χ2v) is 8.97. The maximum Gasteiger partial charge on any atom is 0.191 e. The first kappa shape index (κ1) is 22.0. The average molecular weight is 489 g/mol. The van der Waals surface area contributed by atoms with Crippen molar-refractivity contribution in [2.24, 2.45) is 0 Å². The largest absolute Gasteiger partial charge is 0.379 e. The first-order valence-corrected chi connectivity index (χ1v) is 12.0. The van der Waals surface area contributed by atoms with Gasteiger partial charge in [-0.1, -0.05) is 66.2 Å². The summed E-state index contributed by atoms with van der Waals surface area (Å²) >= 11 is 6.61. The third kappa shape index (κ3) is 4.21. The van der Waals surface area contributed by atoms with Crippen molar-refractivity contribution in [2.75, 3.05) is 5.32 Å². The van der Waals surface area contributed by atoms with Gasteiger partial charge in [-0.15, -0.1) is 0 Å². The molecule has 0 saturated heterocycles. The van der Waals surface area contributed by atoms with E-state index >= 15 is 0 Å². The minimum atomic E-state index is -0.0875. The highest BCUT2D eigenvalue weighted by Crippen LogP contribution is 2.36. The number of aromatic nitrogens is 3. The van der Waals surface area contributed by atoms with Crippen LogP contribution in [0.2, 0.25) is 5.02 Å². The van der Waals surface area contributed by atoms with E-state index in [1.165, 1.54) is 0 Å². The third-order valence-corrected chi connectivity index (χ3v) is 6.43. The number of rotatable bonds is 5. The summed E-state index contributed by atoms with van der Waals surface area (Å²) in [5.41, 5.74) is 6.37. The lowest BCUT2D eigenvalue weighted by atomic mass is 9.96. The predicted molar refractivity (Wildman–Crippen MR) is 147 cm³/mol. The molecule has 0 spiro atoms. The SMILES string of the molecule is O=c1cc(CNc2ccccc2)[nH]c2nc(-c3ccccc3)c(-c3cc(Cl)c4ncccc4c3)cc12. The van der Waals surface area contributed by atoms with Gasteiger partial charge in [-0.3, -0.25) is 9.78 Å². The molecule has 6 heteroatoms. The van der Waals surface area contributed by atoms with Crippen LogP contribution in [0.4, 0.5) is 5.69 Å². The van der Waals surface area contributed by atoms with Crippen molar-refractivity contribution in [2.45, 2.75) is 6.54 Å². The number of nitrogens with one attached hydrogen (secondary N) is 2. The monoisotopic (exact) mass is 488 g/mol. The topological polar surface area (TPSA) is 70.7 Å². The van der Waals surface area contributed by atoms with Crippen molar-refractivity contribution in [3.63, 3.8) is 0 Å². The number of hydrogen-bond acceptors (Lipinski definition) is 4. The lowest BCUT2D eigenvalue weighted by Gasteiger charge is -2.14. The Labute approximate surface area is 212 Å². The second kappa shape index (κ2) is 9.29. The van der Waals surface area contributed by atoms with Crippen LogP contribution in [0.15, 0.2) is 108 Å². The maximum atomic E-state index is 13.2. The molecule has 0 atom stereocenters. The molecule has 3 aromatic carbocycles. The van der Waals surface area contributed by atoms with Gasteiger partial charge in [-0.25, -0.2) is 4.98 Å². The van der Waals surface area contributed by atoms with Crippen molar-refractivity contribution in [3.05, 3.63) is 124 Å². The van der Waals surface area contributed by atoms with Gasteiger partial charge in [0, 0.05) is 40.2 Å². The standard InChI is InChI=1S/C30H21ClN4O/c31-26-15-21(14-20-10-7-13-32-29(20)26)24-17-25-27(36)16-23(18-33-22-11-5-2-6-12-22)34-30(25)35-28(24)19-8-3-1-4-9-19/h1-17,33H,18H2,(H,34,35,36). The molecule has 0 radical (unpaired) electrons. The van der Waals surface area contributed by atoms with E-state index in [0.29, 0.717) is 22.6 Å². The molecule has 6 aromatic rings. The van der Waals surface area contributed by atoms with Crippen LogP contribution in [0.5, 0.6) is 0 Å². The van der Waals surface area contributed by atoms with Crippen molar-refractivity contribution >= 4 is 39.2 Å². The number of hydrogen-bond donors (Lipinski definition) is 2. The van der Waals surface area contributed by atoms with Gasteiger partial charge >= 0.3 is 0 Å². The Morgan fingerprint density at radius 1 is 0.833 bits per heavy atom. The van der Waals surface area contributed by atoms with Crippen LogP contribution in [0.3, 0.4) is 0 Å². The number of nitrogens with zero attached hydrogens (tertiary/aromatic N) is 2. The number of halogens is 1. The Morgan fingerprint density at radius 2 is 1.61 bits per heavy atom. The van der Waals surface area contributed by atoms with E-state index in [9.17, 15) is 4.79 Å². The van der Waals surface area contributed by atoms with Crippen LogP contribution in [0.1, 0.15) is 5.69 Å². The molecule has 0 fully saturated rings. The molecular formula is C30H21ClN4O. The Morgan fingerprint density at radius 3 is 2.42 bits per heavy atom. The number of benzene rings is 3. The summed E-state index contributed by atoms with van der Waals surface area (Å²) in [5, 5.41) is 5.35. The number of pyridine rings is 3. The zero-order valence-corrected chi connectivity index (χ0v) is 20.0. The van der Waals surface area contributed by atoms with Crippen molar-refractivity contribution < 1.29 is 0 Å². The van der Waals surface area contributed by atoms with Crippen LogP contribution in [0, 0.1) is 0 Å². The fraction of sp³-hybridized carbons (Fsp3) is 0.0333. The molecule has 0 bridgehead atoms. The van der Waals surface area contributed by atoms with E-state index in [2.05, 4.69) is 15.3 Å². The van der Waals surface area contributed by atoms with E-state index in [1.807, 2.05) is 91.0 Å². The summed E-state index contributed by atoms with van der Waals surface area (Å²) in [6.45, 7) is 0.479. The van der Waals surface area contributed by atoms with Gasteiger partial charge in [0.2, 0.25) is 0 Å². The highest BCUT2D eigenvalue weighted by molar-refractivity contribution is 6.35. The van der Waals surface area contributed by atoms with Gasteiger partial charge in [0.05, 0.1) is 28.2 Å². The molecule has 0 saturated carbocycles. The number of fused-ring (bicyclic) bond motifs is 2. The molecule has 36 heavy (non-hydrogen) atoms. The van der Waals surface area contributed by atoms with Crippen LogP contribution < -0.4 is 10.7 Å². The highest BCUT2D eigenvalue weighted by atomic mass is 35.5. The lowest BCUT2D eigenvalue weighted by molar-refractivity contribution is 1.05. The van der Waals surface area contributed by atoms with Gasteiger partial charge < -0.3 is 10.3 Å². The zero-order valence-electron chi connectivity index (χ0n) is 19.2. The summed E-state index contributed by atoms with van der Waals surface area (Å²) in [6, 6.07) is 31.2. The third-order valence-electron chi connectivity index (χ3n) is 6.15. The van der Waals surface area contributed by atoms with E-state index in [0.717, 1.165) is 44.7 Å². The number of para-hydroxylation sites is 1. The van der Waals surface area contributed by atoms with Gasteiger partial charge in [-0.05, 0) is 42.0 Å². The maximum absolute atomic E-state index is 13.2. The molecule has 174 valence electrons. The quantitative estimate of drug-likeness (QED) is 0.272. The van der Waals surface area contributed by atoms with Crippen molar-refractivity contribution in [1.82, 2.24) is 15.0 Å². The molecule has 6 rings (SSSR count). The minimum Gasteiger partial charge on any atom is -0.379 e. The summed E-state index contributed by atoms with van der Waals surface area (Å²) in [6.07, 6.45) is 1.73. The second-order valence-electron chi connectivity index (χ2n) is 8.56. The minimum absolute atomic E-state index is 0.0875. The zero-order chi connectivity index (χ0) is 24.5. The number of aromatic amines is 1. The Hall–Kier alpha value is -4.48. The van der Waals surface area contributed by atoms with Crippen LogP contribution in [-0.4, -0.2) is 15.0 Å².